The summed E-state index contributed by atoms with van der Waals surface area (Å²) in [4.78, 5) is 15.3. The molecule has 0 fully saturated rings. The zero-order valence-corrected chi connectivity index (χ0v) is 10.5. The summed E-state index contributed by atoms with van der Waals surface area (Å²) < 4.78 is 0. The molecule has 1 aromatic heterocycles. The summed E-state index contributed by atoms with van der Waals surface area (Å²) in [6, 6.07) is 7.58. The average molecular weight is 246 g/mol. The van der Waals surface area contributed by atoms with Crippen LogP contribution in [0.1, 0.15) is 22.8 Å². The van der Waals surface area contributed by atoms with Gasteiger partial charge in [-0.25, -0.2) is 0 Å². The third-order valence-corrected chi connectivity index (χ3v) is 2.99. The highest BCUT2D eigenvalue weighted by molar-refractivity contribution is 6.33. The molecule has 0 aliphatic heterocycles. The minimum Gasteiger partial charge on any atom is -0.295 e. The van der Waals surface area contributed by atoms with Crippen LogP contribution in [0.25, 0.3) is 11.1 Å². The van der Waals surface area contributed by atoms with Crippen molar-refractivity contribution in [1.82, 2.24) is 4.98 Å². The molecule has 17 heavy (non-hydrogen) atoms. The molecule has 0 amide bonds. The van der Waals surface area contributed by atoms with E-state index in [0.29, 0.717) is 5.02 Å². The van der Waals surface area contributed by atoms with Crippen LogP contribution in [0.5, 0.6) is 0 Å². The number of benzene rings is 1. The van der Waals surface area contributed by atoms with E-state index in [9.17, 15) is 4.79 Å². The predicted octanol–water partition coefficient (Wildman–Crippen LogP) is 3.91. The summed E-state index contributed by atoms with van der Waals surface area (Å²) in [7, 11) is 0. The second-order valence-electron chi connectivity index (χ2n) is 3.94. The molecule has 2 rings (SSSR count). The number of halogens is 1. The molecule has 3 heteroatoms. The Kier molecular flexibility index (Phi) is 3.25. The highest BCUT2D eigenvalue weighted by atomic mass is 35.5. The van der Waals surface area contributed by atoms with Gasteiger partial charge < -0.3 is 0 Å². The van der Waals surface area contributed by atoms with Crippen molar-refractivity contribution < 1.29 is 4.79 Å². The first-order chi connectivity index (χ1) is 8.09. The molecule has 0 N–H and O–H groups in total. The van der Waals surface area contributed by atoms with E-state index in [1.807, 2.05) is 31.2 Å². The van der Waals surface area contributed by atoms with Crippen molar-refractivity contribution >= 4 is 17.4 Å². The van der Waals surface area contributed by atoms with Gasteiger partial charge >= 0.3 is 0 Å². The normalized spacial score (nSPS) is 10.3. The van der Waals surface area contributed by atoms with Gasteiger partial charge in [0.25, 0.3) is 0 Å². The number of aromatic nitrogens is 1. The van der Waals surface area contributed by atoms with Gasteiger partial charge in [0.05, 0.1) is 5.02 Å². The van der Waals surface area contributed by atoms with E-state index in [2.05, 4.69) is 4.98 Å². The number of Topliss-reactive ketones (excluding diaryl/α,β-unsaturated/α-hetero) is 1. The van der Waals surface area contributed by atoms with Crippen LogP contribution in [0.2, 0.25) is 5.02 Å². The molecule has 0 atom stereocenters. The molecule has 1 heterocycles. The van der Waals surface area contributed by atoms with E-state index in [-0.39, 0.29) is 5.78 Å². The maximum atomic E-state index is 11.3. The van der Waals surface area contributed by atoms with E-state index < -0.39 is 0 Å². The number of hydrogen-bond acceptors (Lipinski definition) is 2. The molecule has 0 spiro atoms. The molecular formula is C14H12ClNO. The average Bonchev–Trinajstić information content (AvgIpc) is 2.29. The molecule has 2 aromatic rings. The maximum absolute atomic E-state index is 11.3. The van der Waals surface area contributed by atoms with Crippen molar-refractivity contribution in [3.8, 4) is 11.1 Å². The first-order valence-corrected chi connectivity index (χ1v) is 5.69. The number of carbonyl (C=O) groups excluding carboxylic acids is 1. The second kappa shape index (κ2) is 4.68. The predicted molar refractivity (Wildman–Crippen MR) is 69.4 cm³/mol. The van der Waals surface area contributed by atoms with Crippen molar-refractivity contribution in [2.45, 2.75) is 13.8 Å². The Labute approximate surface area is 105 Å². The van der Waals surface area contributed by atoms with E-state index in [4.69, 9.17) is 11.6 Å². The van der Waals surface area contributed by atoms with E-state index >= 15 is 0 Å². The number of aryl methyl sites for hydroxylation is 1. The van der Waals surface area contributed by atoms with Crippen LogP contribution in [0, 0.1) is 6.92 Å². The summed E-state index contributed by atoms with van der Waals surface area (Å²) in [6.45, 7) is 3.50. The summed E-state index contributed by atoms with van der Waals surface area (Å²) in [5, 5.41) is 0.613. The largest absolute Gasteiger partial charge is 0.295 e. The molecule has 0 saturated heterocycles. The lowest BCUT2D eigenvalue weighted by Crippen LogP contribution is -1.96. The highest BCUT2D eigenvalue weighted by Crippen LogP contribution is 2.28. The van der Waals surface area contributed by atoms with Gasteiger partial charge in [0.15, 0.2) is 5.78 Å². The molecule has 0 bridgehead atoms. The number of ketones is 1. The van der Waals surface area contributed by atoms with Crippen LogP contribution in [-0.2, 0) is 0 Å². The van der Waals surface area contributed by atoms with Crippen molar-refractivity contribution in [2.24, 2.45) is 0 Å². The Balaban J connectivity index is 2.52. The Morgan fingerprint density at radius 2 is 2.06 bits per heavy atom. The number of hydrogen-bond donors (Lipinski definition) is 0. The van der Waals surface area contributed by atoms with E-state index in [1.54, 1.807) is 19.3 Å². The van der Waals surface area contributed by atoms with Gasteiger partial charge in [-0.3, -0.25) is 9.78 Å². The first-order valence-electron chi connectivity index (χ1n) is 5.31. The monoisotopic (exact) mass is 245 g/mol. The van der Waals surface area contributed by atoms with Crippen molar-refractivity contribution in [3.63, 3.8) is 0 Å². The van der Waals surface area contributed by atoms with Gasteiger partial charge in [0, 0.05) is 23.5 Å². The van der Waals surface area contributed by atoms with Crippen molar-refractivity contribution in [2.75, 3.05) is 0 Å². The Morgan fingerprint density at radius 1 is 1.29 bits per heavy atom. The molecule has 1 aromatic carbocycles. The number of carbonyl (C=O) groups is 1. The van der Waals surface area contributed by atoms with Gasteiger partial charge in [-0.1, -0.05) is 29.8 Å². The van der Waals surface area contributed by atoms with Gasteiger partial charge in [-0.2, -0.15) is 0 Å². The zero-order valence-electron chi connectivity index (χ0n) is 9.70. The lowest BCUT2D eigenvalue weighted by atomic mass is 9.99. The Hall–Kier alpha value is -1.67. The molecule has 0 unspecified atom stereocenters. The van der Waals surface area contributed by atoms with E-state index in [0.717, 1.165) is 22.3 Å². The molecular weight excluding hydrogens is 234 g/mol. The standard InChI is InChI=1S/C14H12ClNO/c1-9-7-11(3-4-12(9)10(2)17)13-5-6-16-8-14(13)15/h3-8H,1-2H3. The summed E-state index contributed by atoms with van der Waals surface area (Å²) in [6.07, 6.45) is 3.32. The van der Waals surface area contributed by atoms with Crippen LogP contribution >= 0.6 is 11.6 Å². The van der Waals surface area contributed by atoms with Gasteiger partial charge in [-0.05, 0) is 31.0 Å². The second-order valence-corrected chi connectivity index (χ2v) is 4.35. The summed E-state index contributed by atoms with van der Waals surface area (Å²) >= 11 is 6.08. The fourth-order valence-electron chi connectivity index (χ4n) is 1.84. The van der Waals surface area contributed by atoms with Crippen LogP contribution in [-0.4, -0.2) is 10.8 Å². The van der Waals surface area contributed by atoms with Crippen LogP contribution in [0.3, 0.4) is 0 Å². The van der Waals surface area contributed by atoms with Crippen LogP contribution < -0.4 is 0 Å². The molecule has 0 aliphatic rings. The lowest BCUT2D eigenvalue weighted by Gasteiger charge is -2.07. The van der Waals surface area contributed by atoms with Crippen molar-refractivity contribution in [3.05, 3.63) is 52.8 Å². The Bertz CT molecular complexity index is 578. The smallest absolute Gasteiger partial charge is 0.160 e. The Morgan fingerprint density at radius 3 is 2.65 bits per heavy atom. The first kappa shape index (κ1) is 11.8. The topological polar surface area (TPSA) is 30.0 Å². The molecule has 2 nitrogen and oxygen atoms in total. The number of pyridine rings is 1. The quantitative estimate of drug-likeness (QED) is 0.751. The minimum absolute atomic E-state index is 0.0786. The fraction of sp³-hybridized carbons (Fsp3) is 0.143. The summed E-state index contributed by atoms with van der Waals surface area (Å²) in [5.41, 5.74) is 3.64. The maximum Gasteiger partial charge on any atom is 0.160 e. The number of rotatable bonds is 2. The molecule has 0 saturated carbocycles. The molecule has 0 radical (unpaired) electrons. The van der Waals surface area contributed by atoms with Crippen LogP contribution in [0.15, 0.2) is 36.7 Å². The zero-order chi connectivity index (χ0) is 12.4. The van der Waals surface area contributed by atoms with Gasteiger partial charge in [0.1, 0.15) is 0 Å². The lowest BCUT2D eigenvalue weighted by molar-refractivity contribution is 0.101. The summed E-state index contributed by atoms with van der Waals surface area (Å²) in [5.74, 6) is 0.0786. The third-order valence-electron chi connectivity index (χ3n) is 2.69. The van der Waals surface area contributed by atoms with Crippen molar-refractivity contribution in [1.29, 1.82) is 0 Å². The number of nitrogens with zero attached hydrogens (tertiary/aromatic N) is 1. The fourth-order valence-corrected chi connectivity index (χ4v) is 2.06. The third kappa shape index (κ3) is 2.37. The van der Waals surface area contributed by atoms with Crippen LogP contribution in [0.4, 0.5) is 0 Å². The van der Waals surface area contributed by atoms with Gasteiger partial charge in [0.2, 0.25) is 0 Å². The van der Waals surface area contributed by atoms with E-state index in [1.165, 1.54) is 0 Å². The van der Waals surface area contributed by atoms with Gasteiger partial charge in [-0.15, -0.1) is 0 Å². The molecule has 86 valence electrons. The highest BCUT2D eigenvalue weighted by Gasteiger charge is 2.07. The molecule has 0 aliphatic carbocycles. The minimum atomic E-state index is 0.0786. The SMILES string of the molecule is CC(=O)c1ccc(-c2ccncc2Cl)cc1C.